The minimum absolute atomic E-state index is 0.330. The van der Waals surface area contributed by atoms with Gasteiger partial charge in [0.2, 0.25) is 0 Å². The number of benzene rings is 1. The number of hydrogen-bond acceptors (Lipinski definition) is 4. The summed E-state index contributed by atoms with van der Waals surface area (Å²) in [6, 6.07) is 4.10. The molecule has 1 aromatic rings. The molecule has 0 spiro atoms. The Labute approximate surface area is 102 Å². The predicted octanol–water partition coefficient (Wildman–Crippen LogP) is 2.87. The quantitative estimate of drug-likeness (QED) is 0.800. The average molecular weight is 239 g/mol. The van der Waals surface area contributed by atoms with Crippen molar-refractivity contribution in [2.24, 2.45) is 0 Å². The third kappa shape index (κ3) is 2.85. The van der Waals surface area contributed by atoms with Crippen LogP contribution in [0.2, 0.25) is 0 Å². The Hall–Kier alpha value is -1.29. The van der Waals surface area contributed by atoms with E-state index in [0.29, 0.717) is 6.04 Å². The molecular formula is C12H17NO2S. The zero-order valence-electron chi connectivity index (χ0n) is 10.0. The SMILES string of the molecule is COc1cc(NC(C)C)c(OC)cc1C=S. The number of methoxy groups -OCH3 is 2. The Kier molecular flexibility index (Phi) is 4.55. The summed E-state index contributed by atoms with van der Waals surface area (Å²) in [5.41, 5.74) is 1.76. The van der Waals surface area contributed by atoms with E-state index in [1.54, 1.807) is 19.6 Å². The maximum atomic E-state index is 5.30. The van der Waals surface area contributed by atoms with Crippen LogP contribution in [0, 0.1) is 0 Å². The Morgan fingerprint density at radius 2 is 1.81 bits per heavy atom. The van der Waals surface area contributed by atoms with Crippen molar-refractivity contribution in [2.45, 2.75) is 19.9 Å². The fourth-order valence-corrected chi connectivity index (χ4v) is 1.62. The van der Waals surface area contributed by atoms with Crippen LogP contribution in [0.5, 0.6) is 11.5 Å². The van der Waals surface area contributed by atoms with Crippen LogP contribution in [-0.4, -0.2) is 25.6 Å². The zero-order chi connectivity index (χ0) is 12.1. The summed E-state index contributed by atoms with van der Waals surface area (Å²) >= 11 is 4.93. The van der Waals surface area contributed by atoms with Crippen molar-refractivity contribution in [1.82, 2.24) is 0 Å². The van der Waals surface area contributed by atoms with E-state index in [9.17, 15) is 0 Å². The van der Waals surface area contributed by atoms with Gasteiger partial charge in [0.25, 0.3) is 0 Å². The molecule has 4 heteroatoms. The number of thiocarbonyl (C=S) groups is 1. The monoisotopic (exact) mass is 239 g/mol. The third-order valence-corrected chi connectivity index (χ3v) is 2.38. The number of hydrogen-bond donors (Lipinski definition) is 1. The lowest BCUT2D eigenvalue weighted by atomic mass is 10.1. The maximum absolute atomic E-state index is 5.30. The molecule has 3 nitrogen and oxygen atoms in total. The minimum atomic E-state index is 0.330. The first-order valence-corrected chi connectivity index (χ1v) is 5.57. The predicted molar refractivity (Wildman–Crippen MR) is 71.1 cm³/mol. The molecule has 0 heterocycles. The van der Waals surface area contributed by atoms with Gasteiger partial charge < -0.3 is 14.8 Å². The van der Waals surface area contributed by atoms with Crippen molar-refractivity contribution in [1.29, 1.82) is 0 Å². The van der Waals surface area contributed by atoms with Crippen LogP contribution < -0.4 is 14.8 Å². The highest BCUT2D eigenvalue weighted by Gasteiger charge is 2.10. The van der Waals surface area contributed by atoms with E-state index >= 15 is 0 Å². The fraction of sp³-hybridized carbons (Fsp3) is 0.417. The molecule has 0 unspecified atom stereocenters. The molecule has 0 saturated carbocycles. The second-order valence-electron chi connectivity index (χ2n) is 3.71. The van der Waals surface area contributed by atoms with E-state index in [4.69, 9.17) is 21.7 Å². The van der Waals surface area contributed by atoms with Gasteiger partial charge in [0.05, 0.1) is 19.9 Å². The fourth-order valence-electron chi connectivity index (χ4n) is 1.44. The van der Waals surface area contributed by atoms with Gasteiger partial charge in [-0.1, -0.05) is 12.2 Å². The first kappa shape index (κ1) is 12.8. The zero-order valence-corrected chi connectivity index (χ0v) is 10.9. The van der Waals surface area contributed by atoms with Crippen molar-refractivity contribution in [3.8, 4) is 11.5 Å². The van der Waals surface area contributed by atoms with Gasteiger partial charge in [-0.05, 0) is 19.9 Å². The Morgan fingerprint density at radius 1 is 1.19 bits per heavy atom. The van der Waals surface area contributed by atoms with Crippen LogP contribution in [0.4, 0.5) is 5.69 Å². The summed E-state index contributed by atoms with van der Waals surface area (Å²) in [6.07, 6.45) is 0. The Balaban J connectivity index is 3.20. The van der Waals surface area contributed by atoms with E-state index in [1.807, 2.05) is 12.1 Å². The summed E-state index contributed by atoms with van der Waals surface area (Å²) in [6.45, 7) is 4.14. The van der Waals surface area contributed by atoms with Gasteiger partial charge in [0.1, 0.15) is 11.5 Å². The lowest BCUT2D eigenvalue weighted by Crippen LogP contribution is -2.11. The Morgan fingerprint density at radius 3 is 2.25 bits per heavy atom. The van der Waals surface area contributed by atoms with Crippen LogP contribution in [0.1, 0.15) is 19.4 Å². The third-order valence-electron chi connectivity index (χ3n) is 2.12. The van der Waals surface area contributed by atoms with E-state index in [-0.39, 0.29) is 0 Å². The molecule has 1 rings (SSSR count). The van der Waals surface area contributed by atoms with Gasteiger partial charge in [-0.3, -0.25) is 0 Å². The molecule has 16 heavy (non-hydrogen) atoms. The summed E-state index contributed by atoms with van der Waals surface area (Å²) in [5.74, 6) is 1.52. The van der Waals surface area contributed by atoms with Crippen molar-refractivity contribution >= 4 is 23.3 Å². The molecule has 0 aliphatic carbocycles. The molecule has 0 aliphatic heterocycles. The number of ether oxygens (including phenoxy) is 2. The number of nitrogens with one attached hydrogen (secondary N) is 1. The van der Waals surface area contributed by atoms with Crippen molar-refractivity contribution in [2.75, 3.05) is 19.5 Å². The smallest absolute Gasteiger partial charge is 0.142 e. The van der Waals surface area contributed by atoms with Gasteiger partial charge in [-0.15, -0.1) is 0 Å². The summed E-state index contributed by atoms with van der Waals surface area (Å²) < 4.78 is 10.6. The lowest BCUT2D eigenvalue weighted by Gasteiger charge is -2.16. The largest absolute Gasteiger partial charge is 0.496 e. The van der Waals surface area contributed by atoms with Gasteiger partial charge in [0.15, 0.2) is 0 Å². The van der Waals surface area contributed by atoms with Crippen LogP contribution in [0.25, 0.3) is 0 Å². The highest BCUT2D eigenvalue weighted by Crippen LogP contribution is 2.32. The molecule has 0 atom stereocenters. The molecule has 88 valence electrons. The second-order valence-corrected chi connectivity index (χ2v) is 3.95. The molecule has 0 bridgehead atoms. The highest BCUT2D eigenvalue weighted by molar-refractivity contribution is 7.79. The molecule has 0 fully saturated rings. The van der Waals surface area contributed by atoms with Crippen molar-refractivity contribution in [3.63, 3.8) is 0 Å². The van der Waals surface area contributed by atoms with Crippen molar-refractivity contribution in [3.05, 3.63) is 17.7 Å². The van der Waals surface area contributed by atoms with E-state index < -0.39 is 0 Å². The van der Waals surface area contributed by atoms with E-state index in [1.165, 1.54) is 0 Å². The molecule has 1 N–H and O–H groups in total. The van der Waals surface area contributed by atoms with Crippen LogP contribution in [-0.2, 0) is 0 Å². The first-order valence-electron chi connectivity index (χ1n) is 5.10. The number of rotatable bonds is 5. The highest BCUT2D eigenvalue weighted by atomic mass is 32.1. The summed E-state index contributed by atoms with van der Waals surface area (Å²) in [7, 11) is 3.27. The second kappa shape index (κ2) is 5.70. The van der Waals surface area contributed by atoms with Gasteiger partial charge in [0, 0.05) is 23.0 Å². The van der Waals surface area contributed by atoms with Gasteiger partial charge in [-0.25, -0.2) is 0 Å². The van der Waals surface area contributed by atoms with E-state index in [2.05, 4.69) is 19.2 Å². The molecule has 1 aromatic carbocycles. The lowest BCUT2D eigenvalue weighted by molar-refractivity contribution is 0.404. The van der Waals surface area contributed by atoms with Crippen molar-refractivity contribution < 1.29 is 9.47 Å². The standard InChI is InChI=1S/C12H17NO2S/c1-8(2)13-10-6-11(14-3)9(7-16)5-12(10)15-4/h5-8,13H,1-4H3. The molecular weight excluding hydrogens is 222 g/mol. The van der Waals surface area contributed by atoms with Gasteiger partial charge >= 0.3 is 0 Å². The molecule has 0 aliphatic rings. The maximum Gasteiger partial charge on any atom is 0.142 e. The van der Waals surface area contributed by atoms with Crippen LogP contribution >= 0.6 is 12.2 Å². The van der Waals surface area contributed by atoms with Gasteiger partial charge in [-0.2, -0.15) is 0 Å². The average Bonchev–Trinajstić information content (AvgIpc) is 2.27. The minimum Gasteiger partial charge on any atom is -0.496 e. The molecule has 0 amide bonds. The summed E-state index contributed by atoms with van der Waals surface area (Å²) in [4.78, 5) is 0. The molecule has 0 radical (unpaired) electrons. The first-order chi connectivity index (χ1) is 7.62. The van der Waals surface area contributed by atoms with Crippen LogP contribution in [0.3, 0.4) is 0 Å². The normalized spacial score (nSPS) is 10.1. The Bertz CT molecular complexity index is 378. The van der Waals surface area contributed by atoms with E-state index in [0.717, 1.165) is 22.7 Å². The topological polar surface area (TPSA) is 30.5 Å². The molecule has 0 aromatic heterocycles. The number of anilines is 1. The summed E-state index contributed by atoms with van der Waals surface area (Å²) in [5, 5.41) is 4.88. The van der Waals surface area contributed by atoms with Crippen LogP contribution in [0.15, 0.2) is 12.1 Å². The molecule has 0 saturated heterocycles.